The molecule has 136 valence electrons. The van der Waals surface area contributed by atoms with Crippen LogP contribution in [0.3, 0.4) is 0 Å². The highest BCUT2D eigenvalue weighted by atomic mass is 32.2. The molecule has 1 aromatic heterocycles. The molecule has 1 amide bonds. The molecule has 25 heavy (non-hydrogen) atoms. The van der Waals surface area contributed by atoms with Crippen LogP contribution in [0.25, 0.3) is 0 Å². The molecule has 1 heterocycles. The van der Waals surface area contributed by atoms with Crippen LogP contribution in [0.15, 0.2) is 28.6 Å². The average molecular weight is 382 g/mol. The smallest absolute Gasteiger partial charge is 0.267 e. The van der Waals surface area contributed by atoms with E-state index in [4.69, 9.17) is 9.47 Å². The van der Waals surface area contributed by atoms with Gasteiger partial charge in [0, 0.05) is 5.75 Å². The van der Waals surface area contributed by atoms with Crippen LogP contribution in [0.4, 0.5) is 5.13 Å². The number of aromatic nitrogens is 2. The van der Waals surface area contributed by atoms with Crippen LogP contribution in [0.2, 0.25) is 0 Å². The van der Waals surface area contributed by atoms with E-state index in [2.05, 4.69) is 29.4 Å². The first kappa shape index (κ1) is 19.5. The van der Waals surface area contributed by atoms with E-state index >= 15 is 0 Å². The summed E-state index contributed by atoms with van der Waals surface area (Å²) >= 11 is 3.03. The molecule has 0 aliphatic heterocycles. The summed E-state index contributed by atoms with van der Waals surface area (Å²) in [5.74, 6) is 2.68. The zero-order chi connectivity index (χ0) is 18.2. The summed E-state index contributed by atoms with van der Waals surface area (Å²) in [5.41, 5.74) is 0. The summed E-state index contributed by atoms with van der Waals surface area (Å²) < 4.78 is 11.7. The molecular weight excluding hydrogens is 358 g/mol. The van der Waals surface area contributed by atoms with Crippen molar-refractivity contribution in [2.75, 3.05) is 18.2 Å². The lowest BCUT2D eigenvalue weighted by Crippen LogP contribution is -2.32. The number of benzene rings is 1. The second kappa shape index (κ2) is 9.62. The Morgan fingerprint density at radius 1 is 1.24 bits per heavy atom. The Bertz CT molecular complexity index is 674. The molecule has 0 aliphatic carbocycles. The molecule has 2 rings (SSSR count). The van der Waals surface area contributed by atoms with Gasteiger partial charge in [-0.3, -0.25) is 10.1 Å². The van der Waals surface area contributed by atoms with Gasteiger partial charge in [0.25, 0.3) is 5.91 Å². The zero-order valence-corrected chi connectivity index (χ0v) is 16.4. The normalized spacial score (nSPS) is 12.0. The van der Waals surface area contributed by atoms with Crippen LogP contribution in [0.1, 0.15) is 27.2 Å². The molecule has 1 N–H and O–H groups in total. The first-order chi connectivity index (χ1) is 12.0. The quantitative estimate of drug-likeness (QED) is 0.521. The highest BCUT2D eigenvalue weighted by Crippen LogP contribution is 2.27. The molecule has 8 heteroatoms. The molecule has 0 saturated heterocycles. The number of methoxy groups -OCH3 is 1. The molecule has 0 saturated carbocycles. The van der Waals surface area contributed by atoms with Crippen molar-refractivity contribution in [1.29, 1.82) is 0 Å². The number of thioether (sulfide) groups is 1. The second-order valence-electron chi connectivity index (χ2n) is 5.76. The molecule has 0 unspecified atom stereocenters. The summed E-state index contributed by atoms with van der Waals surface area (Å²) in [4.78, 5) is 12.4. The maximum Gasteiger partial charge on any atom is 0.267 e. The Balaban J connectivity index is 1.92. The average Bonchev–Trinajstić information content (AvgIpc) is 3.05. The van der Waals surface area contributed by atoms with Crippen LogP contribution in [-0.2, 0) is 4.79 Å². The minimum atomic E-state index is -0.593. The molecule has 6 nitrogen and oxygen atoms in total. The number of carbonyl (C=O) groups excluding carboxylic acids is 1. The lowest BCUT2D eigenvalue weighted by atomic mass is 10.2. The number of hydrogen-bond donors (Lipinski definition) is 1. The van der Waals surface area contributed by atoms with Gasteiger partial charge >= 0.3 is 0 Å². The van der Waals surface area contributed by atoms with Crippen molar-refractivity contribution in [2.45, 2.75) is 37.6 Å². The Kier molecular flexibility index (Phi) is 7.52. The largest absolute Gasteiger partial charge is 0.497 e. The number of rotatable bonds is 9. The van der Waals surface area contributed by atoms with Gasteiger partial charge < -0.3 is 9.47 Å². The van der Waals surface area contributed by atoms with Gasteiger partial charge in [-0.15, -0.1) is 10.2 Å². The van der Waals surface area contributed by atoms with E-state index in [0.29, 0.717) is 23.2 Å². The van der Waals surface area contributed by atoms with Crippen molar-refractivity contribution in [3.05, 3.63) is 24.3 Å². The Hall–Kier alpha value is -1.80. The summed E-state index contributed by atoms with van der Waals surface area (Å²) in [5, 5.41) is 11.4. The third-order valence-corrected chi connectivity index (χ3v) is 5.58. The second-order valence-corrected chi connectivity index (χ2v) is 8.00. The first-order valence-corrected chi connectivity index (χ1v) is 9.90. The predicted octanol–water partition coefficient (Wildman–Crippen LogP) is 4.09. The third kappa shape index (κ3) is 6.21. The summed E-state index contributed by atoms with van der Waals surface area (Å²) in [6.07, 6.45) is -0.0462. The standard InChI is InChI=1S/C17H23N3O3S2/c1-5-14(23-13-8-6-12(22-4)7-9-13)15(21)18-16-19-20-17(25-16)24-10-11(2)3/h6-9,11,14H,5,10H2,1-4H3,(H,18,19,21)/t14-/m0/s1. The van der Waals surface area contributed by atoms with Crippen molar-refractivity contribution in [3.8, 4) is 11.5 Å². The van der Waals surface area contributed by atoms with E-state index in [0.717, 1.165) is 15.8 Å². The van der Waals surface area contributed by atoms with Crippen LogP contribution in [0, 0.1) is 5.92 Å². The monoisotopic (exact) mass is 381 g/mol. The van der Waals surface area contributed by atoms with Crippen molar-refractivity contribution in [1.82, 2.24) is 10.2 Å². The van der Waals surface area contributed by atoms with Gasteiger partial charge in [0.1, 0.15) is 11.5 Å². The molecule has 0 fully saturated rings. The van der Waals surface area contributed by atoms with Crippen molar-refractivity contribution in [3.63, 3.8) is 0 Å². The fourth-order valence-corrected chi connectivity index (χ4v) is 3.61. The minimum absolute atomic E-state index is 0.227. The van der Waals surface area contributed by atoms with Gasteiger partial charge in [-0.05, 0) is 36.6 Å². The van der Waals surface area contributed by atoms with Crippen LogP contribution in [-0.4, -0.2) is 35.1 Å². The lowest BCUT2D eigenvalue weighted by Gasteiger charge is -2.16. The van der Waals surface area contributed by atoms with Gasteiger partial charge in [0.05, 0.1) is 7.11 Å². The minimum Gasteiger partial charge on any atom is -0.497 e. The zero-order valence-electron chi connectivity index (χ0n) is 14.8. The number of amides is 1. The van der Waals surface area contributed by atoms with E-state index in [1.807, 2.05) is 6.92 Å². The van der Waals surface area contributed by atoms with E-state index in [9.17, 15) is 4.79 Å². The van der Waals surface area contributed by atoms with Gasteiger partial charge in [-0.2, -0.15) is 0 Å². The number of carbonyl (C=O) groups is 1. The van der Waals surface area contributed by atoms with Gasteiger partial charge in [0.2, 0.25) is 5.13 Å². The van der Waals surface area contributed by atoms with E-state index < -0.39 is 6.10 Å². The number of anilines is 1. The summed E-state index contributed by atoms with van der Waals surface area (Å²) in [6.45, 7) is 6.20. The molecule has 2 aromatic rings. The predicted molar refractivity (Wildman–Crippen MR) is 102 cm³/mol. The van der Waals surface area contributed by atoms with Gasteiger partial charge in [0.15, 0.2) is 10.4 Å². The molecular formula is C17H23N3O3S2. The fourth-order valence-electron chi connectivity index (χ4n) is 1.88. The van der Waals surface area contributed by atoms with Crippen LogP contribution in [0.5, 0.6) is 11.5 Å². The summed E-state index contributed by atoms with van der Waals surface area (Å²) in [6, 6.07) is 7.15. The maximum atomic E-state index is 12.4. The van der Waals surface area contributed by atoms with Crippen molar-refractivity contribution in [2.24, 2.45) is 5.92 Å². The number of ether oxygens (including phenoxy) is 2. The van der Waals surface area contributed by atoms with E-state index in [1.165, 1.54) is 11.3 Å². The van der Waals surface area contributed by atoms with E-state index in [1.54, 1.807) is 43.1 Å². The molecule has 0 aliphatic rings. The number of nitrogens with zero attached hydrogens (tertiary/aromatic N) is 2. The highest BCUT2D eigenvalue weighted by Gasteiger charge is 2.20. The van der Waals surface area contributed by atoms with E-state index in [-0.39, 0.29) is 5.91 Å². The Morgan fingerprint density at radius 2 is 1.92 bits per heavy atom. The maximum absolute atomic E-state index is 12.4. The Morgan fingerprint density at radius 3 is 2.52 bits per heavy atom. The van der Waals surface area contributed by atoms with Crippen LogP contribution < -0.4 is 14.8 Å². The lowest BCUT2D eigenvalue weighted by molar-refractivity contribution is -0.122. The number of hydrogen-bond acceptors (Lipinski definition) is 7. The number of nitrogens with one attached hydrogen (secondary N) is 1. The molecule has 0 radical (unpaired) electrons. The molecule has 1 aromatic carbocycles. The van der Waals surface area contributed by atoms with Crippen molar-refractivity contribution < 1.29 is 14.3 Å². The van der Waals surface area contributed by atoms with Crippen molar-refractivity contribution >= 4 is 34.1 Å². The first-order valence-electron chi connectivity index (χ1n) is 8.09. The SMILES string of the molecule is CC[C@H](Oc1ccc(OC)cc1)C(=O)Nc1nnc(SCC(C)C)s1. The topological polar surface area (TPSA) is 73.3 Å². The molecule has 0 bridgehead atoms. The fraction of sp³-hybridized carbons (Fsp3) is 0.471. The Labute approximate surface area is 156 Å². The highest BCUT2D eigenvalue weighted by molar-refractivity contribution is 8.01. The van der Waals surface area contributed by atoms with Crippen LogP contribution >= 0.6 is 23.1 Å². The van der Waals surface area contributed by atoms with Gasteiger partial charge in [-0.1, -0.05) is 43.9 Å². The third-order valence-electron chi connectivity index (χ3n) is 3.18. The summed E-state index contributed by atoms with van der Waals surface area (Å²) in [7, 11) is 1.61. The molecule has 0 spiro atoms. The molecule has 1 atom stereocenters. The van der Waals surface area contributed by atoms with Gasteiger partial charge in [-0.25, -0.2) is 0 Å².